The zero-order chi connectivity index (χ0) is 12.3. The summed E-state index contributed by atoms with van der Waals surface area (Å²) in [6, 6.07) is 14.4. The van der Waals surface area contributed by atoms with Gasteiger partial charge in [0.25, 0.3) is 0 Å². The van der Waals surface area contributed by atoms with Crippen molar-refractivity contribution in [2.75, 3.05) is 0 Å². The number of aryl methyl sites for hydroxylation is 2. The van der Waals surface area contributed by atoms with E-state index in [4.69, 9.17) is 0 Å². The molecule has 0 bridgehead atoms. The molecule has 0 aliphatic heterocycles. The number of hydrogen-bond acceptors (Lipinski definition) is 2. The highest BCUT2D eigenvalue weighted by molar-refractivity contribution is 7.99. The summed E-state index contributed by atoms with van der Waals surface area (Å²) in [5.41, 5.74) is 3.05. The second-order valence-corrected chi connectivity index (χ2v) is 5.20. The number of benzene rings is 2. The van der Waals surface area contributed by atoms with Gasteiger partial charge in [-0.2, -0.15) is 0 Å². The molecule has 2 aromatic carbocycles. The van der Waals surface area contributed by atoms with Gasteiger partial charge in [-0.25, -0.2) is 0 Å². The maximum Gasteiger partial charge on any atom is 0.150 e. The molecule has 1 nitrogen and oxygen atoms in total. The van der Waals surface area contributed by atoms with Gasteiger partial charge < -0.3 is 0 Å². The SMILES string of the molecule is Cc1ccc(Sc2ccc(C=O)c(C)c2)cc1. The van der Waals surface area contributed by atoms with Crippen LogP contribution in [0.1, 0.15) is 21.5 Å². The quantitative estimate of drug-likeness (QED) is 0.748. The van der Waals surface area contributed by atoms with Crippen LogP contribution >= 0.6 is 11.8 Å². The van der Waals surface area contributed by atoms with E-state index in [1.165, 1.54) is 10.5 Å². The van der Waals surface area contributed by atoms with Gasteiger partial charge in [0, 0.05) is 15.4 Å². The highest BCUT2D eigenvalue weighted by atomic mass is 32.2. The molecule has 0 saturated heterocycles. The Morgan fingerprint density at radius 3 is 2.18 bits per heavy atom. The van der Waals surface area contributed by atoms with Crippen LogP contribution in [0.3, 0.4) is 0 Å². The van der Waals surface area contributed by atoms with Crippen LogP contribution in [0.4, 0.5) is 0 Å². The van der Waals surface area contributed by atoms with Crippen LogP contribution in [-0.2, 0) is 0 Å². The monoisotopic (exact) mass is 242 g/mol. The van der Waals surface area contributed by atoms with Crippen LogP contribution in [0, 0.1) is 13.8 Å². The molecular formula is C15H14OS. The van der Waals surface area contributed by atoms with Crippen molar-refractivity contribution in [1.82, 2.24) is 0 Å². The molecule has 0 aliphatic rings. The molecule has 2 rings (SSSR count). The molecule has 2 heteroatoms. The summed E-state index contributed by atoms with van der Waals surface area (Å²) < 4.78 is 0. The van der Waals surface area contributed by atoms with E-state index in [-0.39, 0.29) is 0 Å². The Morgan fingerprint density at radius 1 is 0.941 bits per heavy atom. The van der Waals surface area contributed by atoms with Crippen molar-refractivity contribution in [2.45, 2.75) is 23.6 Å². The predicted molar refractivity (Wildman–Crippen MR) is 71.9 cm³/mol. The zero-order valence-electron chi connectivity index (χ0n) is 9.94. The van der Waals surface area contributed by atoms with Crippen molar-refractivity contribution in [3.05, 3.63) is 59.2 Å². The van der Waals surface area contributed by atoms with Gasteiger partial charge in [-0.15, -0.1) is 0 Å². The summed E-state index contributed by atoms with van der Waals surface area (Å²) in [6.07, 6.45) is 0.898. The van der Waals surface area contributed by atoms with Crippen LogP contribution in [-0.4, -0.2) is 6.29 Å². The Bertz CT molecular complexity index is 529. The van der Waals surface area contributed by atoms with Crippen molar-refractivity contribution in [3.63, 3.8) is 0 Å². The molecule has 0 fully saturated rings. The Balaban J connectivity index is 2.21. The van der Waals surface area contributed by atoms with Gasteiger partial charge in [-0.1, -0.05) is 35.5 Å². The maximum atomic E-state index is 10.7. The van der Waals surface area contributed by atoms with Gasteiger partial charge in [0.2, 0.25) is 0 Å². The fourth-order valence-electron chi connectivity index (χ4n) is 1.59. The van der Waals surface area contributed by atoms with Gasteiger partial charge in [-0.3, -0.25) is 4.79 Å². The second-order valence-electron chi connectivity index (χ2n) is 4.05. The van der Waals surface area contributed by atoms with E-state index in [1.807, 2.05) is 25.1 Å². The average Bonchev–Trinajstić information content (AvgIpc) is 2.32. The molecule has 0 unspecified atom stereocenters. The third-order valence-corrected chi connectivity index (χ3v) is 3.62. The van der Waals surface area contributed by atoms with E-state index in [1.54, 1.807) is 11.8 Å². The average molecular weight is 242 g/mol. The Kier molecular flexibility index (Phi) is 3.64. The minimum atomic E-state index is 0.762. The van der Waals surface area contributed by atoms with E-state index >= 15 is 0 Å². The molecule has 0 heterocycles. The molecule has 0 N–H and O–H groups in total. The minimum Gasteiger partial charge on any atom is -0.298 e. The van der Waals surface area contributed by atoms with Crippen LogP contribution in [0.5, 0.6) is 0 Å². The van der Waals surface area contributed by atoms with Crippen molar-refractivity contribution < 1.29 is 4.79 Å². The lowest BCUT2D eigenvalue weighted by molar-refractivity contribution is 0.112. The fraction of sp³-hybridized carbons (Fsp3) is 0.133. The molecule has 0 atom stereocenters. The van der Waals surface area contributed by atoms with Crippen molar-refractivity contribution in [1.29, 1.82) is 0 Å². The summed E-state index contributed by atoms with van der Waals surface area (Å²) in [7, 11) is 0. The molecule has 0 aliphatic carbocycles. The molecular weight excluding hydrogens is 228 g/mol. The van der Waals surface area contributed by atoms with E-state index in [2.05, 4.69) is 31.2 Å². The number of carbonyl (C=O) groups is 1. The van der Waals surface area contributed by atoms with Crippen LogP contribution in [0.15, 0.2) is 52.3 Å². The first-order chi connectivity index (χ1) is 8.19. The first-order valence-electron chi connectivity index (χ1n) is 5.49. The summed E-state index contributed by atoms with van der Waals surface area (Å²) in [4.78, 5) is 13.1. The lowest BCUT2D eigenvalue weighted by atomic mass is 10.1. The second kappa shape index (κ2) is 5.19. The molecule has 0 saturated carbocycles. The van der Waals surface area contributed by atoms with Crippen molar-refractivity contribution in [2.24, 2.45) is 0 Å². The number of aldehydes is 1. The largest absolute Gasteiger partial charge is 0.298 e. The number of rotatable bonds is 3. The maximum absolute atomic E-state index is 10.7. The number of hydrogen-bond donors (Lipinski definition) is 0. The molecule has 2 aromatic rings. The zero-order valence-corrected chi connectivity index (χ0v) is 10.8. The number of carbonyl (C=O) groups excluding carboxylic acids is 1. The van der Waals surface area contributed by atoms with Crippen LogP contribution < -0.4 is 0 Å². The van der Waals surface area contributed by atoms with Crippen molar-refractivity contribution in [3.8, 4) is 0 Å². The molecule has 86 valence electrons. The fourth-order valence-corrected chi connectivity index (χ4v) is 2.50. The summed E-state index contributed by atoms with van der Waals surface area (Å²) in [6.45, 7) is 4.04. The lowest BCUT2D eigenvalue weighted by Gasteiger charge is -2.04. The normalized spacial score (nSPS) is 10.2. The van der Waals surface area contributed by atoms with Crippen molar-refractivity contribution >= 4 is 18.0 Å². The molecule has 0 aromatic heterocycles. The Morgan fingerprint density at radius 2 is 1.59 bits per heavy atom. The third-order valence-electron chi connectivity index (χ3n) is 2.62. The van der Waals surface area contributed by atoms with Gasteiger partial charge in [0.15, 0.2) is 0 Å². The highest BCUT2D eigenvalue weighted by Crippen LogP contribution is 2.28. The molecule has 0 radical (unpaired) electrons. The first-order valence-corrected chi connectivity index (χ1v) is 6.31. The van der Waals surface area contributed by atoms with Crippen LogP contribution in [0.2, 0.25) is 0 Å². The summed E-state index contributed by atoms with van der Waals surface area (Å²) in [5.74, 6) is 0. The highest BCUT2D eigenvalue weighted by Gasteiger charge is 2.01. The molecule has 17 heavy (non-hydrogen) atoms. The topological polar surface area (TPSA) is 17.1 Å². The third kappa shape index (κ3) is 2.98. The standard InChI is InChI=1S/C15H14OS/c1-11-3-6-14(7-4-11)17-15-8-5-13(10-16)12(2)9-15/h3-10H,1-2H3. The van der Waals surface area contributed by atoms with Gasteiger partial charge in [-0.05, 0) is 43.7 Å². The minimum absolute atomic E-state index is 0.762. The van der Waals surface area contributed by atoms with E-state index in [0.717, 1.165) is 22.3 Å². The summed E-state index contributed by atoms with van der Waals surface area (Å²) in [5, 5.41) is 0. The first kappa shape index (κ1) is 11.9. The van der Waals surface area contributed by atoms with Gasteiger partial charge in [0.05, 0.1) is 0 Å². The Labute approximate surface area is 106 Å². The molecule has 0 spiro atoms. The summed E-state index contributed by atoms with van der Waals surface area (Å²) >= 11 is 1.71. The van der Waals surface area contributed by atoms with E-state index < -0.39 is 0 Å². The molecule has 0 amide bonds. The smallest absolute Gasteiger partial charge is 0.150 e. The lowest BCUT2D eigenvalue weighted by Crippen LogP contribution is -1.86. The van der Waals surface area contributed by atoms with E-state index in [0.29, 0.717) is 0 Å². The van der Waals surface area contributed by atoms with Gasteiger partial charge >= 0.3 is 0 Å². The van der Waals surface area contributed by atoms with Crippen LogP contribution in [0.25, 0.3) is 0 Å². The van der Waals surface area contributed by atoms with Gasteiger partial charge in [0.1, 0.15) is 6.29 Å². The van der Waals surface area contributed by atoms with E-state index in [9.17, 15) is 4.79 Å². The predicted octanol–water partition coefficient (Wildman–Crippen LogP) is 4.27. The Hall–Kier alpha value is -1.54.